The number of aromatic nitrogens is 3. The van der Waals surface area contributed by atoms with Gasteiger partial charge in [0.1, 0.15) is 0 Å². The van der Waals surface area contributed by atoms with Crippen LogP contribution in [-0.4, -0.2) is 60.1 Å². The summed E-state index contributed by atoms with van der Waals surface area (Å²) < 4.78 is 38.9. The van der Waals surface area contributed by atoms with Gasteiger partial charge in [-0.15, -0.1) is 0 Å². The van der Waals surface area contributed by atoms with Crippen molar-refractivity contribution < 1.29 is 13.2 Å². The molecule has 2 N–H and O–H groups in total. The highest BCUT2D eigenvalue weighted by molar-refractivity contribution is 5.49. The van der Waals surface area contributed by atoms with E-state index in [1.165, 1.54) is 12.1 Å². The largest absolute Gasteiger partial charge is 0.416 e. The molecule has 0 amide bonds. The first-order valence-corrected chi connectivity index (χ1v) is 9.00. The Labute approximate surface area is 162 Å². The van der Waals surface area contributed by atoms with Crippen LogP contribution in [0.4, 0.5) is 30.8 Å². The summed E-state index contributed by atoms with van der Waals surface area (Å²) in [5.41, 5.74) is 5.76. The average molecular weight is 395 g/mol. The highest BCUT2D eigenvalue weighted by atomic mass is 19.4. The van der Waals surface area contributed by atoms with Crippen LogP contribution in [0.3, 0.4) is 0 Å². The van der Waals surface area contributed by atoms with Crippen molar-refractivity contribution in [3.05, 3.63) is 35.7 Å². The SMILES string of the molecule is CC(c1nc(N)nc(N(C)C)n1)N1CCN(c2cccc(C(F)(F)F)c2)CC1. The lowest BCUT2D eigenvalue weighted by molar-refractivity contribution is -0.137. The number of alkyl halides is 3. The van der Waals surface area contributed by atoms with Crippen molar-refractivity contribution in [3.63, 3.8) is 0 Å². The molecule has 0 saturated carbocycles. The quantitative estimate of drug-likeness (QED) is 0.852. The maximum absolute atomic E-state index is 13.0. The fourth-order valence-corrected chi connectivity index (χ4v) is 3.19. The van der Waals surface area contributed by atoms with Crippen molar-refractivity contribution in [2.45, 2.75) is 19.1 Å². The molecule has 1 fully saturated rings. The van der Waals surface area contributed by atoms with Crippen molar-refractivity contribution in [2.75, 3.05) is 55.8 Å². The molecule has 0 radical (unpaired) electrons. The molecule has 10 heteroatoms. The van der Waals surface area contributed by atoms with Crippen molar-refractivity contribution >= 4 is 17.6 Å². The molecule has 3 rings (SSSR count). The summed E-state index contributed by atoms with van der Waals surface area (Å²) in [5, 5.41) is 0. The Bertz CT molecular complexity index is 817. The molecule has 2 aromatic rings. The van der Waals surface area contributed by atoms with Gasteiger partial charge in [-0.3, -0.25) is 4.90 Å². The molecular formula is C18H24F3N7. The van der Waals surface area contributed by atoms with Crippen LogP contribution < -0.4 is 15.5 Å². The number of rotatable bonds is 4. The maximum Gasteiger partial charge on any atom is 0.416 e. The Balaban J connectivity index is 1.69. The molecule has 1 saturated heterocycles. The Morgan fingerprint density at radius 1 is 1.07 bits per heavy atom. The number of nitrogens with two attached hydrogens (primary N) is 1. The summed E-state index contributed by atoms with van der Waals surface area (Å²) >= 11 is 0. The molecule has 1 aromatic carbocycles. The molecule has 0 spiro atoms. The Morgan fingerprint density at radius 3 is 2.36 bits per heavy atom. The van der Waals surface area contributed by atoms with Crippen LogP contribution in [0.1, 0.15) is 24.4 Å². The summed E-state index contributed by atoms with van der Waals surface area (Å²) in [6.45, 7) is 4.59. The third kappa shape index (κ3) is 4.44. The second-order valence-corrected chi connectivity index (χ2v) is 6.99. The average Bonchev–Trinajstić information content (AvgIpc) is 2.66. The van der Waals surface area contributed by atoms with Gasteiger partial charge in [0.2, 0.25) is 11.9 Å². The van der Waals surface area contributed by atoms with Crippen LogP contribution in [0.15, 0.2) is 24.3 Å². The minimum absolute atomic E-state index is 0.0762. The standard InChI is InChI=1S/C18H24F3N7/c1-12(15-23-16(22)25-17(24-15)26(2)3)27-7-9-28(10-8-27)14-6-4-5-13(11-14)18(19,20)21/h4-6,11-12H,7-10H2,1-3H3,(H2,22,23,24,25). The number of halogens is 3. The van der Waals surface area contributed by atoms with Gasteiger partial charge in [0.25, 0.3) is 0 Å². The zero-order chi connectivity index (χ0) is 20.5. The summed E-state index contributed by atoms with van der Waals surface area (Å²) in [6.07, 6.45) is -4.34. The molecule has 152 valence electrons. The minimum atomic E-state index is -4.34. The molecule has 0 aliphatic carbocycles. The normalized spacial score (nSPS) is 16.9. The molecule has 1 unspecified atom stereocenters. The topological polar surface area (TPSA) is 74.4 Å². The predicted molar refractivity (Wildman–Crippen MR) is 102 cm³/mol. The molecule has 1 aliphatic rings. The van der Waals surface area contributed by atoms with E-state index in [0.29, 0.717) is 43.6 Å². The summed E-state index contributed by atoms with van der Waals surface area (Å²) in [4.78, 5) is 18.7. The van der Waals surface area contributed by atoms with E-state index in [1.807, 2.05) is 25.9 Å². The van der Waals surface area contributed by atoms with Gasteiger partial charge in [-0.05, 0) is 25.1 Å². The number of piperazine rings is 1. The molecular weight excluding hydrogens is 371 g/mol. The number of nitrogens with zero attached hydrogens (tertiary/aromatic N) is 6. The summed E-state index contributed by atoms with van der Waals surface area (Å²) in [6, 6.07) is 5.38. The number of hydrogen-bond acceptors (Lipinski definition) is 7. The Kier molecular flexibility index (Phi) is 5.59. The number of anilines is 3. The van der Waals surface area contributed by atoms with Crippen LogP contribution in [0.2, 0.25) is 0 Å². The van der Waals surface area contributed by atoms with Crippen LogP contribution in [0.5, 0.6) is 0 Å². The van der Waals surface area contributed by atoms with E-state index in [0.717, 1.165) is 6.07 Å². The van der Waals surface area contributed by atoms with Crippen molar-refractivity contribution in [3.8, 4) is 0 Å². The first-order valence-electron chi connectivity index (χ1n) is 9.00. The third-order valence-electron chi connectivity index (χ3n) is 4.83. The van der Waals surface area contributed by atoms with Gasteiger partial charge in [0.05, 0.1) is 11.6 Å². The molecule has 1 atom stereocenters. The molecule has 2 heterocycles. The van der Waals surface area contributed by atoms with Crippen LogP contribution >= 0.6 is 0 Å². The van der Waals surface area contributed by atoms with E-state index in [4.69, 9.17) is 5.73 Å². The lowest BCUT2D eigenvalue weighted by atomic mass is 10.1. The van der Waals surface area contributed by atoms with Gasteiger partial charge in [-0.1, -0.05) is 6.07 Å². The van der Waals surface area contributed by atoms with Crippen LogP contribution in [-0.2, 0) is 6.18 Å². The maximum atomic E-state index is 13.0. The van der Waals surface area contributed by atoms with Crippen molar-refractivity contribution in [1.82, 2.24) is 19.9 Å². The van der Waals surface area contributed by atoms with E-state index in [1.54, 1.807) is 11.0 Å². The van der Waals surface area contributed by atoms with E-state index < -0.39 is 11.7 Å². The highest BCUT2D eigenvalue weighted by Gasteiger charge is 2.31. The van der Waals surface area contributed by atoms with Crippen molar-refractivity contribution in [1.29, 1.82) is 0 Å². The molecule has 0 bridgehead atoms. The first kappa shape index (κ1) is 20.1. The Hall–Kier alpha value is -2.62. The first-order chi connectivity index (χ1) is 13.1. The lowest BCUT2D eigenvalue weighted by Gasteiger charge is -2.38. The van der Waals surface area contributed by atoms with E-state index >= 15 is 0 Å². The van der Waals surface area contributed by atoms with Gasteiger partial charge in [0, 0.05) is 46.0 Å². The molecule has 1 aromatic heterocycles. The highest BCUT2D eigenvalue weighted by Crippen LogP contribution is 2.32. The third-order valence-corrected chi connectivity index (χ3v) is 4.83. The van der Waals surface area contributed by atoms with E-state index in [-0.39, 0.29) is 12.0 Å². The van der Waals surface area contributed by atoms with Gasteiger partial charge >= 0.3 is 6.18 Å². The number of hydrogen-bond donors (Lipinski definition) is 1. The van der Waals surface area contributed by atoms with Crippen LogP contribution in [0, 0.1) is 0 Å². The number of nitrogen functional groups attached to an aromatic ring is 1. The number of benzene rings is 1. The van der Waals surface area contributed by atoms with Crippen LogP contribution in [0.25, 0.3) is 0 Å². The van der Waals surface area contributed by atoms with Gasteiger partial charge in [-0.2, -0.15) is 28.1 Å². The zero-order valence-corrected chi connectivity index (χ0v) is 16.1. The second-order valence-electron chi connectivity index (χ2n) is 6.99. The van der Waals surface area contributed by atoms with Gasteiger partial charge < -0.3 is 15.5 Å². The smallest absolute Gasteiger partial charge is 0.369 e. The van der Waals surface area contributed by atoms with Crippen molar-refractivity contribution in [2.24, 2.45) is 0 Å². The molecule has 28 heavy (non-hydrogen) atoms. The molecule has 7 nitrogen and oxygen atoms in total. The fraction of sp³-hybridized carbons (Fsp3) is 0.500. The van der Waals surface area contributed by atoms with E-state index in [2.05, 4.69) is 19.9 Å². The Morgan fingerprint density at radius 2 is 1.75 bits per heavy atom. The zero-order valence-electron chi connectivity index (χ0n) is 16.1. The predicted octanol–water partition coefficient (Wildman–Crippen LogP) is 2.42. The van der Waals surface area contributed by atoms with Gasteiger partial charge in [-0.25, -0.2) is 0 Å². The second kappa shape index (κ2) is 7.78. The summed E-state index contributed by atoms with van der Waals surface area (Å²) in [5.74, 6) is 1.25. The summed E-state index contributed by atoms with van der Waals surface area (Å²) in [7, 11) is 3.66. The fourth-order valence-electron chi connectivity index (χ4n) is 3.19. The molecule has 1 aliphatic heterocycles. The monoisotopic (exact) mass is 395 g/mol. The lowest BCUT2D eigenvalue weighted by Crippen LogP contribution is -2.47. The van der Waals surface area contributed by atoms with E-state index in [9.17, 15) is 13.2 Å². The minimum Gasteiger partial charge on any atom is -0.369 e. The van der Waals surface area contributed by atoms with Gasteiger partial charge in [0.15, 0.2) is 5.82 Å².